The van der Waals surface area contributed by atoms with Crippen LogP contribution >= 0.6 is 0 Å². The largest absolute Gasteiger partial charge is 0.335 e. The third-order valence-corrected chi connectivity index (χ3v) is 3.40. The molecule has 0 spiro atoms. The molecule has 0 aliphatic heterocycles. The summed E-state index contributed by atoms with van der Waals surface area (Å²) in [5.41, 5.74) is 0. The normalized spacial score (nSPS) is 10.9. The molecule has 1 aromatic rings. The number of nitrogens with zero attached hydrogens (tertiary/aromatic N) is 2. The summed E-state index contributed by atoms with van der Waals surface area (Å²) in [5.74, 6) is 1.26. The SMILES string of the molecule is CCCCCCCCCCc1nccn1CC. The molecule has 0 fully saturated rings. The summed E-state index contributed by atoms with van der Waals surface area (Å²) in [6.45, 7) is 5.50. The van der Waals surface area contributed by atoms with Crippen LogP contribution in [-0.2, 0) is 13.0 Å². The molecule has 0 saturated heterocycles. The number of imidazole rings is 1. The molecular formula is C15H28N2. The molecule has 0 aromatic carbocycles. The summed E-state index contributed by atoms with van der Waals surface area (Å²) in [4.78, 5) is 4.41. The van der Waals surface area contributed by atoms with E-state index in [2.05, 4.69) is 29.6 Å². The molecule has 0 radical (unpaired) electrons. The molecule has 0 amide bonds. The first-order valence-electron chi connectivity index (χ1n) is 7.38. The van der Waals surface area contributed by atoms with E-state index in [0.29, 0.717) is 0 Å². The van der Waals surface area contributed by atoms with Crippen LogP contribution < -0.4 is 0 Å². The lowest BCUT2D eigenvalue weighted by molar-refractivity contribution is 0.565. The maximum atomic E-state index is 4.41. The van der Waals surface area contributed by atoms with Crippen molar-refractivity contribution in [1.29, 1.82) is 0 Å². The van der Waals surface area contributed by atoms with Gasteiger partial charge in [0.25, 0.3) is 0 Å². The second-order valence-corrected chi connectivity index (χ2v) is 4.85. The minimum Gasteiger partial charge on any atom is -0.335 e. The zero-order valence-corrected chi connectivity index (χ0v) is 11.6. The van der Waals surface area contributed by atoms with Crippen LogP contribution in [0.3, 0.4) is 0 Å². The fraction of sp³-hybridized carbons (Fsp3) is 0.800. The first-order valence-corrected chi connectivity index (χ1v) is 7.38. The van der Waals surface area contributed by atoms with Gasteiger partial charge in [-0.1, -0.05) is 51.9 Å². The van der Waals surface area contributed by atoms with Crippen molar-refractivity contribution < 1.29 is 0 Å². The van der Waals surface area contributed by atoms with Crippen LogP contribution in [0.4, 0.5) is 0 Å². The van der Waals surface area contributed by atoms with Crippen LogP contribution in [0.2, 0.25) is 0 Å². The minimum absolute atomic E-state index is 1.05. The van der Waals surface area contributed by atoms with Gasteiger partial charge in [-0.3, -0.25) is 0 Å². The average molecular weight is 236 g/mol. The van der Waals surface area contributed by atoms with Gasteiger partial charge < -0.3 is 4.57 Å². The van der Waals surface area contributed by atoms with E-state index in [-0.39, 0.29) is 0 Å². The third kappa shape index (κ3) is 5.90. The first-order chi connectivity index (χ1) is 8.38. The fourth-order valence-corrected chi connectivity index (χ4v) is 2.27. The first kappa shape index (κ1) is 14.3. The fourth-order valence-electron chi connectivity index (χ4n) is 2.27. The smallest absolute Gasteiger partial charge is 0.108 e. The Bertz CT molecular complexity index is 278. The predicted octanol–water partition coefficient (Wildman–Crippen LogP) is 4.59. The second kappa shape index (κ2) is 9.26. The van der Waals surface area contributed by atoms with Crippen LogP contribution in [0, 0.1) is 0 Å². The van der Waals surface area contributed by atoms with Crippen molar-refractivity contribution in [2.75, 3.05) is 0 Å². The Morgan fingerprint density at radius 3 is 2.24 bits per heavy atom. The van der Waals surface area contributed by atoms with Gasteiger partial charge in [0.1, 0.15) is 5.82 Å². The number of hydrogen-bond donors (Lipinski definition) is 0. The minimum atomic E-state index is 1.05. The summed E-state index contributed by atoms with van der Waals surface area (Å²) in [5, 5.41) is 0. The van der Waals surface area contributed by atoms with Crippen molar-refractivity contribution in [3.05, 3.63) is 18.2 Å². The Morgan fingerprint density at radius 1 is 0.941 bits per heavy atom. The summed E-state index contributed by atoms with van der Waals surface area (Å²) in [6, 6.07) is 0. The molecule has 0 bridgehead atoms. The highest BCUT2D eigenvalue weighted by molar-refractivity contribution is 4.91. The van der Waals surface area contributed by atoms with Crippen molar-refractivity contribution in [3.8, 4) is 0 Å². The van der Waals surface area contributed by atoms with E-state index in [1.165, 1.54) is 57.2 Å². The quantitative estimate of drug-likeness (QED) is 0.543. The van der Waals surface area contributed by atoms with Crippen molar-refractivity contribution >= 4 is 0 Å². The molecule has 1 aromatic heterocycles. The van der Waals surface area contributed by atoms with Crippen LogP contribution in [0.25, 0.3) is 0 Å². The van der Waals surface area contributed by atoms with Crippen molar-refractivity contribution in [2.24, 2.45) is 0 Å². The highest BCUT2D eigenvalue weighted by atomic mass is 15.0. The number of unbranched alkanes of at least 4 members (excludes halogenated alkanes) is 7. The molecule has 0 aliphatic carbocycles. The molecule has 1 heterocycles. The number of rotatable bonds is 10. The van der Waals surface area contributed by atoms with Gasteiger partial charge in [0.05, 0.1) is 0 Å². The Balaban J connectivity index is 1.97. The van der Waals surface area contributed by atoms with E-state index in [1.54, 1.807) is 0 Å². The van der Waals surface area contributed by atoms with Gasteiger partial charge in [-0.25, -0.2) is 4.98 Å². The van der Waals surface area contributed by atoms with E-state index in [9.17, 15) is 0 Å². The van der Waals surface area contributed by atoms with Gasteiger partial charge in [-0.2, -0.15) is 0 Å². The van der Waals surface area contributed by atoms with Crippen LogP contribution in [0.5, 0.6) is 0 Å². The molecule has 0 atom stereocenters. The summed E-state index contributed by atoms with van der Waals surface area (Å²) < 4.78 is 2.25. The lowest BCUT2D eigenvalue weighted by Gasteiger charge is -2.04. The highest BCUT2D eigenvalue weighted by Crippen LogP contribution is 2.10. The Kier molecular flexibility index (Phi) is 7.78. The molecule has 98 valence electrons. The Hall–Kier alpha value is -0.790. The topological polar surface area (TPSA) is 17.8 Å². The van der Waals surface area contributed by atoms with Crippen LogP contribution in [0.15, 0.2) is 12.4 Å². The molecule has 0 N–H and O–H groups in total. The van der Waals surface area contributed by atoms with Crippen molar-refractivity contribution in [2.45, 2.75) is 78.2 Å². The average Bonchev–Trinajstić information content (AvgIpc) is 2.80. The zero-order chi connectivity index (χ0) is 12.3. The molecule has 1 rings (SSSR count). The monoisotopic (exact) mass is 236 g/mol. The molecule has 0 aliphatic rings. The van der Waals surface area contributed by atoms with Crippen LogP contribution in [-0.4, -0.2) is 9.55 Å². The summed E-state index contributed by atoms with van der Waals surface area (Å²) >= 11 is 0. The summed E-state index contributed by atoms with van der Waals surface area (Å²) in [6.07, 6.45) is 16.2. The van der Waals surface area contributed by atoms with E-state index in [0.717, 1.165) is 13.0 Å². The van der Waals surface area contributed by atoms with E-state index >= 15 is 0 Å². The molecule has 0 saturated carbocycles. The number of aromatic nitrogens is 2. The number of aryl methyl sites for hydroxylation is 2. The van der Waals surface area contributed by atoms with Crippen LogP contribution in [0.1, 0.15) is 71.0 Å². The third-order valence-electron chi connectivity index (χ3n) is 3.40. The lowest BCUT2D eigenvalue weighted by atomic mass is 10.1. The van der Waals surface area contributed by atoms with Crippen molar-refractivity contribution in [1.82, 2.24) is 9.55 Å². The summed E-state index contributed by atoms with van der Waals surface area (Å²) in [7, 11) is 0. The highest BCUT2D eigenvalue weighted by Gasteiger charge is 2.00. The van der Waals surface area contributed by atoms with Gasteiger partial charge in [-0.15, -0.1) is 0 Å². The second-order valence-electron chi connectivity index (χ2n) is 4.85. The van der Waals surface area contributed by atoms with Gasteiger partial charge in [0.2, 0.25) is 0 Å². The van der Waals surface area contributed by atoms with E-state index < -0.39 is 0 Å². The molecular weight excluding hydrogens is 208 g/mol. The number of hydrogen-bond acceptors (Lipinski definition) is 1. The molecule has 2 nitrogen and oxygen atoms in total. The predicted molar refractivity (Wildman–Crippen MR) is 74.2 cm³/mol. The lowest BCUT2D eigenvalue weighted by Crippen LogP contribution is -2.00. The van der Waals surface area contributed by atoms with Gasteiger partial charge in [0, 0.05) is 25.4 Å². The molecule has 0 unspecified atom stereocenters. The molecule has 17 heavy (non-hydrogen) atoms. The standard InChI is InChI=1S/C15H28N2/c1-3-5-6-7-8-9-10-11-12-15-16-13-14-17(15)4-2/h13-14H,3-12H2,1-2H3. The van der Waals surface area contributed by atoms with Gasteiger partial charge in [0.15, 0.2) is 0 Å². The zero-order valence-electron chi connectivity index (χ0n) is 11.6. The maximum absolute atomic E-state index is 4.41. The Labute approximate surface area is 106 Å². The maximum Gasteiger partial charge on any atom is 0.108 e. The molecule has 2 heteroatoms. The van der Waals surface area contributed by atoms with E-state index in [4.69, 9.17) is 0 Å². The Morgan fingerprint density at radius 2 is 1.59 bits per heavy atom. The van der Waals surface area contributed by atoms with Gasteiger partial charge >= 0.3 is 0 Å². The van der Waals surface area contributed by atoms with Crippen molar-refractivity contribution in [3.63, 3.8) is 0 Å². The van der Waals surface area contributed by atoms with Gasteiger partial charge in [-0.05, 0) is 13.3 Å². The van der Waals surface area contributed by atoms with E-state index in [1.807, 2.05) is 6.20 Å².